The van der Waals surface area contributed by atoms with E-state index in [-0.39, 0.29) is 11.4 Å². The lowest BCUT2D eigenvalue weighted by molar-refractivity contribution is 0.507. The number of aryl methyl sites for hydroxylation is 1. The summed E-state index contributed by atoms with van der Waals surface area (Å²) in [4.78, 5) is 0.279. The van der Waals surface area contributed by atoms with Gasteiger partial charge >= 0.3 is 0 Å². The van der Waals surface area contributed by atoms with Crippen LogP contribution in [0.5, 0.6) is 0 Å². The largest absolute Gasteiger partial charge is 0.264 e. The first kappa shape index (κ1) is 22.8. The van der Waals surface area contributed by atoms with Crippen LogP contribution in [0, 0.1) is 6.92 Å². The minimum Gasteiger partial charge on any atom is -0.261 e. The molecule has 0 spiro atoms. The highest BCUT2D eigenvalue weighted by Crippen LogP contribution is 2.50. The maximum absolute atomic E-state index is 13.9. The zero-order valence-electron chi connectivity index (χ0n) is 17.5. The number of rotatable bonds is 3. The van der Waals surface area contributed by atoms with Crippen molar-refractivity contribution in [2.24, 2.45) is 0 Å². The third-order valence-electron chi connectivity index (χ3n) is 5.80. The van der Waals surface area contributed by atoms with Crippen LogP contribution in [0.15, 0.2) is 97.9 Å². The molecule has 166 valence electrons. The number of nitrogens with zero attached hydrogens (tertiary/aromatic N) is 1. The standard InChI is InChI=1S/C26H18Br3NO2S/c1-16-6-12-20(13-7-16)33(31,32)30-15-22(25(28)17-8-10-19(27)11-9-17)26(29)24-21-5-3-2-4-18(21)14-23(24)30/h2-14H,15H2,1H3/b25-22+. The number of benzene rings is 3. The van der Waals surface area contributed by atoms with Gasteiger partial charge in [-0.3, -0.25) is 4.31 Å². The van der Waals surface area contributed by atoms with Gasteiger partial charge in [0, 0.05) is 24.6 Å². The normalized spacial score (nSPS) is 17.0. The van der Waals surface area contributed by atoms with Gasteiger partial charge in [-0.15, -0.1) is 0 Å². The van der Waals surface area contributed by atoms with Crippen LogP contribution >= 0.6 is 47.8 Å². The van der Waals surface area contributed by atoms with E-state index in [2.05, 4.69) is 47.8 Å². The fourth-order valence-electron chi connectivity index (χ4n) is 4.07. The van der Waals surface area contributed by atoms with Crippen LogP contribution in [0.25, 0.3) is 16.1 Å². The lowest BCUT2D eigenvalue weighted by atomic mass is 9.98. The summed E-state index contributed by atoms with van der Waals surface area (Å²) in [7, 11) is -3.78. The van der Waals surface area contributed by atoms with Crippen molar-refractivity contribution in [1.29, 1.82) is 0 Å². The SMILES string of the molecule is Cc1ccc(S(=O)(=O)N2C/C(=C(\Br)c3ccc(Br)cc3)C(Br)=C3C2=Cc2ccccc23)cc1. The number of fused-ring (bicyclic) bond motifs is 3. The van der Waals surface area contributed by atoms with Crippen LogP contribution in [0.3, 0.4) is 0 Å². The summed E-state index contributed by atoms with van der Waals surface area (Å²) in [5, 5.41) is 0. The lowest BCUT2D eigenvalue weighted by Crippen LogP contribution is -2.35. The van der Waals surface area contributed by atoms with Crippen LogP contribution in [-0.2, 0) is 10.0 Å². The maximum Gasteiger partial charge on any atom is 0.264 e. The molecule has 0 fully saturated rings. The van der Waals surface area contributed by atoms with Crippen molar-refractivity contribution in [1.82, 2.24) is 4.31 Å². The van der Waals surface area contributed by atoms with Crippen molar-refractivity contribution >= 4 is 73.9 Å². The van der Waals surface area contributed by atoms with Crippen molar-refractivity contribution in [2.45, 2.75) is 11.8 Å². The molecule has 2 aliphatic rings. The summed E-state index contributed by atoms with van der Waals surface area (Å²) < 4.78 is 31.9. The Bertz CT molecular complexity index is 1470. The van der Waals surface area contributed by atoms with Gasteiger partial charge in [-0.1, -0.05) is 70.0 Å². The molecule has 7 heteroatoms. The van der Waals surface area contributed by atoms with Crippen LogP contribution in [0.2, 0.25) is 0 Å². The minimum absolute atomic E-state index is 0.205. The second-order valence-electron chi connectivity index (χ2n) is 7.93. The van der Waals surface area contributed by atoms with Gasteiger partial charge in [-0.25, -0.2) is 8.42 Å². The molecule has 0 saturated heterocycles. The molecule has 0 amide bonds. The van der Waals surface area contributed by atoms with Gasteiger partial charge in [0.2, 0.25) is 0 Å². The Morgan fingerprint density at radius 1 is 0.909 bits per heavy atom. The van der Waals surface area contributed by atoms with E-state index in [9.17, 15) is 8.42 Å². The van der Waals surface area contributed by atoms with Crippen molar-refractivity contribution < 1.29 is 8.42 Å². The second-order valence-corrected chi connectivity index (χ2v) is 12.3. The fraction of sp³-hybridized carbons (Fsp3) is 0.0769. The Hall–Kier alpha value is -1.93. The highest BCUT2D eigenvalue weighted by Gasteiger charge is 2.39. The van der Waals surface area contributed by atoms with Crippen LogP contribution < -0.4 is 0 Å². The number of hydrogen-bond donors (Lipinski definition) is 0. The van der Waals surface area contributed by atoms with E-state index in [0.717, 1.165) is 46.8 Å². The molecule has 0 atom stereocenters. The van der Waals surface area contributed by atoms with E-state index >= 15 is 0 Å². The molecule has 0 N–H and O–H groups in total. The van der Waals surface area contributed by atoms with E-state index in [1.165, 1.54) is 4.31 Å². The monoisotopic (exact) mass is 645 g/mol. The summed E-state index contributed by atoms with van der Waals surface area (Å²) in [6, 6.07) is 22.9. The average molecular weight is 648 g/mol. The smallest absolute Gasteiger partial charge is 0.261 e. The molecule has 3 aromatic carbocycles. The summed E-state index contributed by atoms with van der Waals surface area (Å²) in [6.45, 7) is 2.15. The number of allylic oxidation sites excluding steroid dienone is 1. The van der Waals surface area contributed by atoms with E-state index in [4.69, 9.17) is 0 Å². The molecule has 3 nitrogen and oxygen atoms in total. The van der Waals surface area contributed by atoms with Gasteiger partial charge < -0.3 is 0 Å². The topological polar surface area (TPSA) is 37.4 Å². The lowest BCUT2D eigenvalue weighted by Gasteiger charge is -2.33. The summed E-state index contributed by atoms with van der Waals surface area (Å²) in [6.07, 6.45) is 1.96. The molecular weight excluding hydrogens is 630 g/mol. The molecular formula is C26H18Br3NO2S. The Kier molecular flexibility index (Phi) is 6.02. The molecule has 1 heterocycles. The molecule has 0 bridgehead atoms. The summed E-state index contributed by atoms with van der Waals surface area (Å²) >= 11 is 11.1. The highest BCUT2D eigenvalue weighted by molar-refractivity contribution is 9.15. The maximum atomic E-state index is 13.9. The molecule has 1 aliphatic heterocycles. The quantitative estimate of drug-likeness (QED) is 0.292. The minimum atomic E-state index is -3.78. The van der Waals surface area contributed by atoms with E-state index < -0.39 is 10.0 Å². The molecule has 0 radical (unpaired) electrons. The first-order valence-electron chi connectivity index (χ1n) is 10.2. The molecule has 0 unspecified atom stereocenters. The second kappa shape index (κ2) is 8.69. The zero-order chi connectivity index (χ0) is 23.3. The van der Waals surface area contributed by atoms with Gasteiger partial charge in [0.15, 0.2) is 0 Å². The zero-order valence-corrected chi connectivity index (χ0v) is 23.1. The highest BCUT2D eigenvalue weighted by atomic mass is 79.9. The predicted octanol–water partition coefficient (Wildman–Crippen LogP) is 7.73. The van der Waals surface area contributed by atoms with Gasteiger partial charge in [0.1, 0.15) is 0 Å². The number of hydrogen-bond acceptors (Lipinski definition) is 2. The Morgan fingerprint density at radius 2 is 1.58 bits per heavy atom. The Morgan fingerprint density at radius 3 is 2.27 bits per heavy atom. The molecule has 0 saturated carbocycles. The summed E-state index contributed by atoms with van der Waals surface area (Å²) in [5.41, 5.74) is 6.44. The summed E-state index contributed by atoms with van der Waals surface area (Å²) in [5.74, 6) is 0. The first-order chi connectivity index (χ1) is 15.8. The third-order valence-corrected chi connectivity index (χ3v) is 9.92. The Labute approximate surface area is 219 Å². The van der Waals surface area contributed by atoms with E-state index in [1.807, 2.05) is 73.7 Å². The number of halogens is 3. The van der Waals surface area contributed by atoms with Gasteiger partial charge in [0.25, 0.3) is 10.0 Å². The predicted molar refractivity (Wildman–Crippen MR) is 145 cm³/mol. The van der Waals surface area contributed by atoms with E-state index in [0.29, 0.717) is 5.70 Å². The van der Waals surface area contributed by atoms with Crippen molar-refractivity contribution in [3.8, 4) is 0 Å². The molecule has 0 aromatic heterocycles. The molecule has 5 rings (SSSR count). The van der Waals surface area contributed by atoms with Crippen molar-refractivity contribution in [3.05, 3.63) is 115 Å². The van der Waals surface area contributed by atoms with Crippen molar-refractivity contribution in [2.75, 3.05) is 6.54 Å². The molecule has 3 aromatic rings. The van der Waals surface area contributed by atoms with Gasteiger partial charge in [0.05, 0.1) is 17.1 Å². The van der Waals surface area contributed by atoms with Gasteiger partial charge in [-0.2, -0.15) is 0 Å². The van der Waals surface area contributed by atoms with Gasteiger partial charge in [-0.05, 0) is 85.8 Å². The van der Waals surface area contributed by atoms with Crippen molar-refractivity contribution in [3.63, 3.8) is 0 Å². The van der Waals surface area contributed by atoms with Crippen LogP contribution in [-0.4, -0.2) is 19.3 Å². The Balaban J connectivity index is 1.74. The van der Waals surface area contributed by atoms with Crippen LogP contribution in [0.1, 0.15) is 22.3 Å². The first-order valence-corrected chi connectivity index (χ1v) is 14.0. The van der Waals surface area contributed by atoms with E-state index in [1.54, 1.807) is 12.1 Å². The fourth-order valence-corrected chi connectivity index (χ4v) is 7.37. The average Bonchev–Trinajstić information content (AvgIpc) is 3.19. The van der Waals surface area contributed by atoms with Crippen LogP contribution in [0.4, 0.5) is 0 Å². The third kappa shape index (κ3) is 3.99. The molecule has 33 heavy (non-hydrogen) atoms. The molecule has 1 aliphatic carbocycles. The number of sulfonamides is 1.